The molecule has 110 valence electrons. The van der Waals surface area contributed by atoms with E-state index in [1.165, 1.54) is 0 Å². The molecule has 0 radical (unpaired) electrons. The molecular formula is C17H19NO3. The largest absolute Gasteiger partial charge is 0.508 e. The van der Waals surface area contributed by atoms with Crippen LogP contribution in [0.4, 0.5) is 0 Å². The number of para-hydroxylation sites is 1. The SMILES string of the molecule is Cc1cccc(OCCNC(=O)Cc2ccccc2O)c1. The van der Waals surface area contributed by atoms with Crippen LogP contribution < -0.4 is 10.1 Å². The van der Waals surface area contributed by atoms with Gasteiger partial charge in [-0.1, -0.05) is 30.3 Å². The highest BCUT2D eigenvalue weighted by atomic mass is 16.5. The number of amides is 1. The smallest absolute Gasteiger partial charge is 0.224 e. The molecule has 2 rings (SSSR count). The van der Waals surface area contributed by atoms with Gasteiger partial charge in [-0.15, -0.1) is 0 Å². The second-order valence-electron chi connectivity index (χ2n) is 4.82. The molecule has 2 aromatic rings. The highest BCUT2D eigenvalue weighted by molar-refractivity contribution is 5.79. The van der Waals surface area contributed by atoms with Gasteiger partial charge in [0.15, 0.2) is 0 Å². The predicted molar refractivity (Wildman–Crippen MR) is 81.5 cm³/mol. The first-order chi connectivity index (χ1) is 10.1. The lowest BCUT2D eigenvalue weighted by Gasteiger charge is -2.09. The number of carbonyl (C=O) groups excluding carboxylic acids is 1. The Balaban J connectivity index is 1.71. The first kappa shape index (κ1) is 14.9. The summed E-state index contributed by atoms with van der Waals surface area (Å²) in [6.07, 6.45) is 0.164. The van der Waals surface area contributed by atoms with Crippen molar-refractivity contribution in [2.45, 2.75) is 13.3 Å². The Morgan fingerprint density at radius 2 is 2.00 bits per heavy atom. The summed E-state index contributed by atoms with van der Waals surface area (Å²) in [5.41, 5.74) is 1.76. The number of benzene rings is 2. The molecule has 1 amide bonds. The summed E-state index contributed by atoms with van der Waals surface area (Å²) >= 11 is 0. The molecule has 4 nitrogen and oxygen atoms in total. The van der Waals surface area contributed by atoms with Gasteiger partial charge in [0.05, 0.1) is 13.0 Å². The maximum Gasteiger partial charge on any atom is 0.224 e. The molecule has 0 atom stereocenters. The van der Waals surface area contributed by atoms with E-state index in [0.29, 0.717) is 18.7 Å². The van der Waals surface area contributed by atoms with Crippen LogP contribution in [0.1, 0.15) is 11.1 Å². The quantitative estimate of drug-likeness (QED) is 0.801. The van der Waals surface area contributed by atoms with E-state index in [4.69, 9.17) is 4.74 Å². The number of hydrogen-bond donors (Lipinski definition) is 2. The number of aryl methyl sites for hydroxylation is 1. The van der Waals surface area contributed by atoms with Crippen molar-refractivity contribution in [1.82, 2.24) is 5.32 Å². The van der Waals surface area contributed by atoms with E-state index in [1.54, 1.807) is 24.3 Å². The van der Waals surface area contributed by atoms with Crippen LogP contribution in [0.25, 0.3) is 0 Å². The third-order valence-corrected chi connectivity index (χ3v) is 3.03. The lowest BCUT2D eigenvalue weighted by atomic mass is 10.1. The summed E-state index contributed by atoms with van der Waals surface area (Å²) in [6.45, 7) is 2.84. The second-order valence-corrected chi connectivity index (χ2v) is 4.82. The van der Waals surface area contributed by atoms with Crippen molar-refractivity contribution < 1.29 is 14.6 Å². The molecular weight excluding hydrogens is 266 g/mol. The zero-order valence-corrected chi connectivity index (χ0v) is 12.0. The maximum absolute atomic E-state index is 11.8. The van der Waals surface area contributed by atoms with E-state index in [9.17, 15) is 9.90 Å². The molecule has 0 fully saturated rings. The van der Waals surface area contributed by atoms with Gasteiger partial charge in [-0.2, -0.15) is 0 Å². The van der Waals surface area contributed by atoms with Crippen molar-refractivity contribution in [1.29, 1.82) is 0 Å². The molecule has 0 spiro atoms. The molecule has 0 aliphatic heterocycles. The fourth-order valence-corrected chi connectivity index (χ4v) is 1.96. The number of carbonyl (C=O) groups is 1. The Kier molecular flexibility index (Phi) is 5.21. The van der Waals surface area contributed by atoms with Gasteiger partial charge in [0.25, 0.3) is 0 Å². The highest BCUT2D eigenvalue weighted by Gasteiger charge is 2.06. The molecule has 21 heavy (non-hydrogen) atoms. The van der Waals surface area contributed by atoms with Crippen molar-refractivity contribution in [3.8, 4) is 11.5 Å². The Bertz CT molecular complexity index is 610. The number of aromatic hydroxyl groups is 1. The Labute approximate surface area is 124 Å². The number of ether oxygens (including phenoxy) is 1. The molecule has 0 saturated carbocycles. The van der Waals surface area contributed by atoms with Crippen molar-refractivity contribution in [3.63, 3.8) is 0 Å². The molecule has 0 bridgehead atoms. The van der Waals surface area contributed by atoms with Crippen LogP contribution in [0, 0.1) is 6.92 Å². The van der Waals surface area contributed by atoms with E-state index < -0.39 is 0 Å². The molecule has 0 unspecified atom stereocenters. The summed E-state index contributed by atoms with van der Waals surface area (Å²) in [7, 11) is 0. The number of nitrogens with one attached hydrogen (secondary N) is 1. The predicted octanol–water partition coefficient (Wildman–Crippen LogP) is 2.44. The standard InChI is InChI=1S/C17H19NO3/c1-13-5-4-7-15(11-13)21-10-9-18-17(20)12-14-6-2-3-8-16(14)19/h2-8,11,19H,9-10,12H2,1H3,(H,18,20). The molecule has 2 aromatic carbocycles. The molecule has 4 heteroatoms. The number of hydrogen-bond acceptors (Lipinski definition) is 3. The highest BCUT2D eigenvalue weighted by Crippen LogP contribution is 2.15. The zero-order chi connectivity index (χ0) is 15.1. The lowest BCUT2D eigenvalue weighted by molar-refractivity contribution is -0.120. The van der Waals surface area contributed by atoms with Crippen LogP contribution >= 0.6 is 0 Å². The van der Waals surface area contributed by atoms with Gasteiger partial charge >= 0.3 is 0 Å². The van der Waals surface area contributed by atoms with E-state index in [-0.39, 0.29) is 18.1 Å². The second kappa shape index (κ2) is 7.33. The summed E-state index contributed by atoms with van der Waals surface area (Å²) in [5.74, 6) is 0.804. The van der Waals surface area contributed by atoms with Crippen LogP contribution in [0.5, 0.6) is 11.5 Å². The van der Waals surface area contributed by atoms with Crippen LogP contribution in [-0.4, -0.2) is 24.2 Å². The van der Waals surface area contributed by atoms with Crippen molar-refractivity contribution in [2.75, 3.05) is 13.2 Å². The molecule has 0 saturated heterocycles. The van der Waals surface area contributed by atoms with E-state index in [0.717, 1.165) is 11.3 Å². The lowest BCUT2D eigenvalue weighted by Crippen LogP contribution is -2.29. The van der Waals surface area contributed by atoms with Crippen LogP contribution in [0.15, 0.2) is 48.5 Å². The van der Waals surface area contributed by atoms with Gasteiger partial charge in [0.2, 0.25) is 5.91 Å². The van der Waals surface area contributed by atoms with Crippen LogP contribution in [0.2, 0.25) is 0 Å². The topological polar surface area (TPSA) is 58.6 Å². The minimum atomic E-state index is -0.135. The van der Waals surface area contributed by atoms with E-state index >= 15 is 0 Å². The summed E-state index contributed by atoms with van der Waals surface area (Å²) in [4.78, 5) is 11.8. The monoisotopic (exact) mass is 285 g/mol. The van der Waals surface area contributed by atoms with Crippen LogP contribution in [-0.2, 0) is 11.2 Å². The van der Waals surface area contributed by atoms with Gasteiger partial charge in [-0.25, -0.2) is 0 Å². The normalized spacial score (nSPS) is 10.1. The van der Waals surface area contributed by atoms with Crippen molar-refractivity contribution in [3.05, 3.63) is 59.7 Å². The van der Waals surface area contributed by atoms with E-state index in [2.05, 4.69) is 5.32 Å². The summed E-state index contributed by atoms with van der Waals surface area (Å²) in [6, 6.07) is 14.6. The van der Waals surface area contributed by atoms with Gasteiger partial charge in [0.1, 0.15) is 18.1 Å². The fourth-order valence-electron chi connectivity index (χ4n) is 1.96. The number of phenols is 1. The van der Waals surface area contributed by atoms with Crippen LogP contribution in [0.3, 0.4) is 0 Å². The molecule has 0 aliphatic rings. The van der Waals surface area contributed by atoms with E-state index in [1.807, 2.05) is 31.2 Å². The minimum absolute atomic E-state index is 0.135. The third-order valence-electron chi connectivity index (χ3n) is 3.03. The van der Waals surface area contributed by atoms with Gasteiger partial charge in [-0.05, 0) is 30.7 Å². The fraction of sp³-hybridized carbons (Fsp3) is 0.235. The van der Waals surface area contributed by atoms with Crippen molar-refractivity contribution in [2.24, 2.45) is 0 Å². The van der Waals surface area contributed by atoms with Gasteiger partial charge in [0, 0.05) is 5.56 Å². The minimum Gasteiger partial charge on any atom is -0.508 e. The first-order valence-corrected chi connectivity index (χ1v) is 6.88. The Morgan fingerprint density at radius 3 is 2.76 bits per heavy atom. The Hall–Kier alpha value is -2.49. The maximum atomic E-state index is 11.8. The number of phenolic OH excluding ortho intramolecular Hbond substituents is 1. The van der Waals surface area contributed by atoms with Crippen molar-refractivity contribution >= 4 is 5.91 Å². The molecule has 0 aromatic heterocycles. The third kappa shape index (κ3) is 4.84. The van der Waals surface area contributed by atoms with Gasteiger partial charge < -0.3 is 15.2 Å². The average Bonchev–Trinajstić information content (AvgIpc) is 2.46. The Morgan fingerprint density at radius 1 is 1.19 bits per heavy atom. The zero-order valence-electron chi connectivity index (χ0n) is 12.0. The molecule has 0 aliphatic carbocycles. The molecule has 2 N–H and O–H groups in total. The summed E-state index contributed by atoms with van der Waals surface area (Å²) < 4.78 is 5.55. The molecule has 0 heterocycles. The van der Waals surface area contributed by atoms with Gasteiger partial charge in [-0.3, -0.25) is 4.79 Å². The average molecular weight is 285 g/mol. The number of rotatable bonds is 6. The summed E-state index contributed by atoms with van der Waals surface area (Å²) in [5, 5.41) is 12.4. The first-order valence-electron chi connectivity index (χ1n) is 6.88.